The molecule has 2 aromatic heterocycles. The van der Waals surface area contributed by atoms with E-state index in [2.05, 4.69) is 4.98 Å². The number of carbonyl (C=O) groups is 1. The fourth-order valence-corrected chi connectivity index (χ4v) is 1.87. The van der Waals surface area contributed by atoms with Gasteiger partial charge in [-0.15, -0.1) is 0 Å². The number of furan rings is 1. The molecule has 4 nitrogen and oxygen atoms in total. The van der Waals surface area contributed by atoms with Crippen LogP contribution >= 0.6 is 0 Å². The molecular formula is C13H10N2O2. The Kier molecular flexibility index (Phi) is 2.08. The van der Waals surface area contributed by atoms with Crippen molar-refractivity contribution >= 4 is 16.9 Å². The van der Waals surface area contributed by atoms with Crippen LogP contribution in [0.4, 0.5) is 0 Å². The van der Waals surface area contributed by atoms with Gasteiger partial charge in [-0.2, -0.15) is 0 Å². The second-order valence-corrected chi connectivity index (χ2v) is 3.83. The summed E-state index contributed by atoms with van der Waals surface area (Å²) in [5.74, 6) is 0.167. The zero-order valence-electron chi connectivity index (χ0n) is 9.25. The van der Waals surface area contributed by atoms with Gasteiger partial charge in [0.15, 0.2) is 5.76 Å². The average Bonchev–Trinajstić information content (AvgIpc) is 2.97. The monoisotopic (exact) mass is 226 g/mol. The Morgan fingerprint density at radius 2 is 2.18 bits per heavy atom. The summed E-state index contributed by atoms with van der Waals surface area (Å²) in [4.78, 5) is 16.0. The SMILES string of the molecule is Cc1c(C(=O)n2ccnc2)oc2ccccc12. The number of carbonyl (C=O) groups excluding carboxylic acids is 1. The molecule has 0 atom stereocenters. The van der Waals surface area contributed by atoms with Crippen molar-refractivity contribution in [2.75, 3.05) is 0 Å². The standard InChI is InChI=1S/C13H10N2O2/c1-9-10-4-2-3-5-11(10)17-12(9)13(16)15-7-6-14-8-15/h2-8H,1H3. The number of hydrogen-bond acceptors (Lipinski definition) is 3. The molecule has 2 heterocycles. The average molecular weight is 226 g/mol. The normalized spacial score (nSPS) is 10.9. The second-order valence-electron chi connectivity index (χ2n) is 3.83. The van der Waals surface area contributed by atoms with Gasteiger partial charge >= 0.3 is 0 Å². The van der Waals surface area contributed by atoms with Crippen LogP contribution in [0.5, 0.6) is 0 Å². The molecule has 0 saturated carbocycles. The van der Waals surface area contributed by atoms with E-state index in [1.165, 1.54) is 10.9 Å². The van der Waals surface area contributed by atoms with Gasteiger partial charge in [0.25, 0.3) is 5.91 Å². The van der Waals surface area contributed by atoms with Gasteiger partial charge < -0.3 is 4.42 Å². The third-order valence-electron chi connectivity index (χ3n) is 2.78. The number of hydrogen-bond donors (Lipinski definition) is 0. The van der Waals surface area contributed by atoms with Crippen LogP contribution in [0.3, 0.4) is 0 Å². The van der Waals surface area contributed by atoms with E-state index in [1.807, 2.05) is 31.2 Å². The van der Waals surface area contributed by atoms with Gasteiger partial charge in [0.1, 0.15) is 11.9 Å². The van der Waals surface area contributed by atoms with Crippen LogP contribution in [0, 0.1) is 6.92 Å². The summed E-state index contributed by atoms with van der Waals surface area (Å²) in [6.45, 7) is 1.88. The Bertz CT molecular complexity index is 681. The fourth-order valence-electron chi connectivity index (χ4n) is 1.87. The minimum Gasteiger partial charge on any atom is -0.451 e. The zero-order valence-corrected chi connectivity index (χ0v) is 9.25. The van der Waals surface area contributed by atoms with E-state index in [-0.39, 0.29) is 5.91 Å². The van der Waals surface area contributed by atoms with Gasteiger partial charge in [0, 0.05) is 23.3 Å². The highest BCUT2D eigenvalue weighted by Gasteiger charge is 2.18. The summed E-state index contributed by atoms with van der Waals surface area (Å²) < 4.78 is 6.99. The van der Waals surface area contributed by atoms with Crippen molar-refractivity contribution in [3.8, 4) is 0 Å². The Hall–Kier alpha value is -2.36. The van der Waals surface area contributed by atoms with E-state index in [0.29, 0.717) is 5.76 Å². The minimum absolute atomic E-state index is 0.198. The smallest absolute Gasteiger partial charge is 0.299 e. The molecular weight excluding hydrogens is 216 g/mol. The van der Waals surface area contributed by atoms with Crippen LogP contribution in [0.25, 0.3) is 11.0 Å². The van der Waals surface area contributed by atoms with Gasteiger partial charge in [-0.1, -0.05) is 18.2 Å². The molecule has 0 radical (unpaired) electrons. The maximum Gasteiger partial charge on any atom is 0.299 e. The largest absolute Gasteiger partial charge is 0.451 e. The molecule has 0 aliphatic rings. The molecule has 0 amide bonds. The first-order chi connectivity index (χ1) is 8.27. The summed E-state index contributed by atoms with van der Waals surface area (Å²) in [5, 5.41) is 0.968. The van der Waals surface area contributed by atoms with Gasteiger partial charge in [-0.05, 0) is 13.0 Å². The van der Waals surface area contributed by atoms with E-state index in [4.69, 9.17) is 4.42 Å². The van der Waals surface area contributed by atoms with Crippen molar-refractivity contribution in [3.63, 3.8) is 0 Å². The van der Waals surface area contributed by atoms with E-state index in [0.717, 1.165) is 16.5 Å². The molecule has 0 aliphatic carbocycles. The lowest BCUT2D eigenvalue weighted by molar-refractivity contribution is 0.0933. The molecule has 17 heavy (non-hydrogen) atoms. The van der Waals surface area contributed by atoms with Crippen LogP contribution in [0.2, 0.25) is 0 Å². The summed E-state index contributed by atoms with van der Waals surface area (Å²) in [5.41, 5.74) is 1.59. The molecule has 4 heteroatoms. The Morgan fingerprint density at radius 3 is 2.88 bits per heavy atom. The zero-order chi connectivity index (χ0) is 11.8. The summed E-state index contributed by atoms with van der Waals surface area (Å²) in [6, 6.07) is 7.61. The van der Waals surface area contributed by atoms with Crippen LogP contribution < -0.4 is 0 Å². The predicted octanol–water partition coefficient (Wildman–Crippen LogP) is 2.63. The number of benzene rings is 1. The fraction of sp³-hybridized carbons (Fsp3) is 0.0769. The van der Waals surface area contributed by atoms with Crippen LogP contribution in [-0.4, -0.2) is 15.5 Å². The first kappa shape index (κ1) is 9.84. The maximum atomic E-state index is 12.1. The Balaban J connectivity index is 2.18. The topological polar surface area (TPSA) is 48.0 Å². The molecule has 1 aromatic carbocycles. The van der Waals surface area contributed by atoms with Crippen molar-refractivity contribution in [2.45, 2.75) is 6.92 Å². The van der Waals surface area contributed by atoms with E-state index >= 15 is 0 Å². The van der Waals surface area contributed by atoms with E-state index < -0.39 is 0 Å². The van der Waals surface area contributed by atoms with Crippen molar-refractivity contribution in [1.82, 2.24) is 9.55 Å². The number of aryl methyl sites for hydroxylation is 1. The maximum absolute atomic E-state index is 12.1. The van der Waals surface area contributed by atoms with E-state index in [1.54, 1.807) is 12.4 Å². The third kappa shape index (κ3) is 1.45. The molecule has 0 N–H and O–H groups in total. The van der Waals surface area contributed by atoms with Gasteiger partial charge in [0.05, 0.1) is 0 Å². The van der Waals surface area contributed by atoms with Gasteiger partial charge in [-0.25, -0.2) is 4.98 Å². The van der Waals surface area contributed by atoms with E-state index in [9.17, 15) is 4.79 Å². The highest BCUT2D eigenvalue weighted by Crippen LogP contribution is 2.25. The van der Waals surface area contributed by atoms with Gasteiger partial charge in [0.2, 0.25) is 0 Å². The molecule has 0 bridgehead atoms. The summed E-state index contributed by atoms with van der Waals surface area (Å²) >= 11 is 0. The molecule has 0 aliphatic heterocycles. The van der Waals surface area contributed by atoms with Gasteiger partial charge in [-0.3, -0.25) is 9.36 Å². The Labute approximate surface area is 97.5 Å². The van der Waals surface area contributed by atoms with Crippen molar-refractivity contribution in [1.29, 1.82) is 0 Å². The lowest BCUT2D eigenvalue weighted by atomic mass is 10.1. The molecule has 0 unspecified atom stereocenters. The molecule has 0 spiro atoms. The predicted molar refractivity (Wildman–Crippen MR) is 62.9 cm³/mol. The highest BCUT2D eigenvalue weighted by molar-refractivity contribution is 5.99. The highest BCUT2D eigenvalue weighted by atomic mass is 16.3. The van der Waals surface area contributed by atoms with Crippen molar-refractivity contribution in [2.24, 2.45) is 0 Å². The first-order valence-corrected chi connectivity index (χ1v) is 5.28. The molecule has 84 valence electrons. The van der Waals surface area contributed by atoms with Crippen molar-refractivity contribution < 1.29 is 9.21 Å². The van der Waals surface area contributed by atoms with Crippen LogP contribution in [0.1, 0.15) is 16.1 Å². The lowest BCUT2D eigenvalue weighted by Gasteiger charge is -1.97. The molecule has 3 aromatic rings. The molecule has 0 fully saturated rings. The number of para-hydroxylation sites is 1. The third-order valence-corrected chi connectivity index (χ3v) is 2.78. The minimum atomic E-state index is -0.198. The molecule has 3 rings (SSSR count). The number of nitrogens with zero attached hydrogens (tertiary/aromatic N) is 2. The number of fused-ring (bicyclic) bond motifs is 1. The quantitative estimate of drug-likeness (QED) is 0.640. The van der Waals surface area contributed by atoms with Crippen LogP contribution in [-0.2, 0) is 0 Å². The number of imidazole rings is 1. The summed E-state index contributed by atoms with van der Waals surface area (Å²) in [6.07, 6.45) is 4.64. The van der Waals surface area contributed by atoms with Crippen LogP contribution in [0.15, 0.2) is 47.4 Å². The second kappa shape index (κ2) is 3.59. The van der Waals surface area contributed by atoms with Crippen molar-refractivity contribution in [3.05, 3.63) is 54.3 Å². The Morgan fingerprint density at radius 1 is 1.35 bits per heavy atom. The number of rotatable bonds is 1. The lowest BCUT2D eigenvalue weighted by Crippen LogP contribution is -2.09. The molecule has 0 saturated heterocycles. The number of aromatic nitrogens is 2. The summed E-state index contributed by atoms with van der Waals surface area (Å²) in [7, 11) is 0. The first-order valence-electron chi connectivity index (χ1n) is 5.28.